The highest BCUT2D eigenvalue weighted by Gasteiger charge is 2.29. The molecule has 0 aliphatic carbocycles. The van der Waals surface area contributed by atoms with E-state index in [1.807, 2.05) is 25.1 Å². The van der Waals surface area contributed by atoms with Crippen molar-refractivity contribution < 1.29 is 13.6 Å². The molecule has 0 unspecified atom stereocenters. The number of pyridine rings is 1. The molecule has 8 heteroatoms. The molecule has 14 aromatic rings. The monoisotopic (exact) mass is 1070 g/mol. The molecule has 0 saturated heterocycles. The Morgan fingerprint density at radius 1 is 0.378 bits per heavy atom. The maximum Gasteiger partial charge on any atom is 0.153 e. The number of fused-ring (bicyclic) bond motifs is 8. The summed E-state index contributed by atoms with van der Waals surface area (Å²) >= 11 is 0. The second-order valence-corrected chi connectivity index (χ2v) is 23.2. The van der Waals surface area contributed by atoms with Crippen LogP contribution in [0.1, 0.15) is 107 Å². The SMILES string of the molecule is Cc1ccc2oc3cc4c(cc3c2n1)oc1c(-c2nc3ccccc3n2-c2c(C(C)C)cc(-c3ccccc3)cc2C(C)C)cc(Oc2cccc(-c3nc5ccccc5n3-c3c(C(C)C)cc(-c5ccccc5)cc3C(C)C)c2)cc14. The molecular formula is C74H63N5O3. The van der Waals surface area contributed by atoms with Crippen molar-refractivity contribution in [3.8, 4) is 67.9 Å². The molecule has 402 valence electrons. The first-order valence-corrected chi connectivity index (χ1v) is 28.8. The number of aromatic nitrogens is 5. The van der Waals surface area contributed by atoms with Crippen molar-refractivity contribution >= 4 is 66.1 Å². The number of hydrogen-bond acceptors (Lipinski definition) is 6. The Morgan fingerprint density at radius 3 is 1.45 bits per heavy atom. The van der Waals surface area contributed by atoms with Crippen LogP contribution >= 0.6 is 0 Å². The van der Waals surface area contributed by atoms with Crippen LogP contribution in [0.3, 0.4) is 0 Å². The number of ether oxygens (including phenoxy) is 1. The van der Waals surface area contributed by atoms with E-state index in [0.29, 0.717) is 22.7 Å². The fraction of sp³-hybridized carbons (Fsp3) is 0.176. The lowest BCUT2D eigenvalue weighted by Crippen LogP contribution is -2.09. The molecule has 8 nitrogen and oxygen atoms in total. The van der Waals surface area contributed by atoms with Crippen LogP contribution in [0, 0.1) is 6.92 Å². The molecule has 5 aromatic heterocycles. The van der Waals surface area contributed by atoms with E-state index in [2.05, 4.69) is 240 Å². The van der Waals surface area contributed by atoms with Gasteiger partial charge in [-0.25, -0.2) is 15.0 Å². The number of rotatable bonds is 12. The van der Waals surface area contributed by atoms with E-state index in [9.17, 15) is 0 Å². The number of para-hydroxylation sites is 4. The summed E-state index contributed by atoms with van der Waals surface area (Å²) in [7, 11) is 0. The maximum atomic E-state index is 7.25. The van der Waals surface area contributed by atoms with Gasteiger partial charge < -0.3 is 13.6 Å². The van der Waals surface area contributed by atoms with Gasteiger partial charge >= 0.3 is 0 Å². The lowest BCUT2D eigenvalue weighted by molar-refractivity contribution is 0.483. The largest absolute Gasteiger partial charge is 0.457 e. The van der Waals surface area contributed by atoms with Gasteiger partial charge in [0.05, 0.1) is 44.4 Å². The number of hydrogen-bond donors (Lipinski definition) is 0. The van der Waals surface area contributed by atoms with Crippen LogP contribution in [0.5, 0.6) is 11.5 Å². The average Bonchev–Trinajstić information content (AvgIpc) is 2.72. The van der Waals surface area contributed by atoms with Crippen LogP contribution in [-0.2, 0) is 0 Å². The summed E-state index contributed by atoms with van der Waals surface area (Å²) in [4.78, 5) is 16.0. The molecule has 0 amide bonds. The molecule has 0 N–H and O–H groups in total. The van der Waals surface area contributed by atoms with E-state index < -0.39 is 0 Å². The summed E-state index contributed by atoms with van der Waals surface area (Å²) in [5.74, 6) is 3.69. The molecule has 9 aromatic carbocycles. The molecule has 0 atom stereocenters. The summed E-state index contributed by atoms with van der Waals surface area (Å²) in [6.45, 7) is 20.3. The number of imidazole rings is 2. The number of nitrogens with zero attached hydrogens (tertiary/aromatic N) is 5. The highest BCUT2D eigenvalue weighted by atomic mass is 16.5. The van der Waals surface area contributed by atoms with Gasteiger partial charge in [0.2, 0.25) is 0 Å². The fourth-order valence-corrected chi connectivity index (χ4v) is 12.3. The van der Waals surface area contributed by atoms with E-state index >= 15 is 0 Å². The van der Waals surface area contributed by atoms with Crippen LogP contribution in [0.15, 0.2) is 203 Å². The normalized spacial score (nSPS) is 12.2. The second kappa shape index (κ2) is 19.9. The van der Waals surface area contributed by atoms with Crippen LogP contribution < -0.4 is 4.74 Å². The van der Waals surface area contributed by atoms with Gasteiger partial charge in [-0.1, -0.05) is 152 Å². The van der Waals surface area contributed by atoms with Crippen LogP contribution in [0.4, 0.5) is 0 Å². The molecule has 0 spiro atoms. The van der Waals surface area contributed by atoms with Crippen molar-refractivity contribution in [3.63, 3.8) is 0 Å². The Bertz CT molecular complexity index is 4740. The van der Waals surface area contributed by atoms with E-state index in [0.717, 1.165) is 89.1 Å². The smallest absolute Gasteiger partial charge is 0.153 e. The van der Waals surface area contributed by atoms with Gasteiger partial charge in [-0.05, 0) is 172 Å². The Morgan fingerprint density at radius 2 is 0.878 bits per heavy atom. The molecule has 0 radical (unpaired) electrons. The standard InChI is InChI=1S/C74H63N5O3/c1-42(2)54-34-50(47-21-12-10-13-22-47)35-55(43(3)4)70(54)78-64-29-18-16-27-62(64)76-73(78)49-25-20-26-52(33-49)80-53-38-59-58-40-68-60(69-66(81-68)32-31-46(9)75-69)41-67(58)82-72(59)61(39-53)74-77-63-28-17-19-30-65(63)79(74)71-56(44(5)6)36-51(37-57(71)45(7)8)48-23-14-11-15-24-48/h10-45H,1-9H3. The Kier molecular flexibility index (Phi) is 12.3. The zero-order valence-electron chi connectivity index (χ0n) is 47.7. The summed E-state index contributed by atoms with van der Waals surface area (Å²) in [6.07, 6.45) is 0. The fourth-order valence-electron chi connectivity index (χ4n) is 12.3. The topological polar surface area (TPSA) is 84.0 Å². The predicted molar refractivity (Wildman–Crippen MR) is 337 cm³/mol. The third-order valence-electron chi connectivity index (χ3n) is 16.3. The molecule has 0 fully saturated rings. The van der Waals surface area contributed by atoms with E-state index in [4.69, 9.17) is 28.5 Å². The van der Waals surface area contributed by atoms with E-state index in [1.165, 1.54) is 50.2 Å². The van der Waals surface area contributed by atoms with Crippen molar-refractivity contribution in [1.29, 1.82) is 0 Å². The van der Waals surface area contributed by atoms with E-state index in [-0.39, 0.29) is 23.7 Å². The lowest BCUT2D eigenvalue weighted by atomic mass is 9.88. The number of benzene rings is 9. The Labute approximate surface area is 477 Å². The minimum atomic E-state index is 0.177. The summed E-state index contributed by atoms with van der Waals surface area (Å²) in [5, 5.41) is 2.67. The quantitative estimate of drug-likeness (QED) is 0.121. The van der Waals surface area contributed by atoms with Crippen LogP contribution in [0.25, 0.3) is 122 Å². The zero-order chi connectivity index (χ0) is 56.1. The van der Waals surface area contributed by atoms with Crippen molar-refractivity contribution in [2.75, 3.05) is 0 Å². The molecule has 0 aliphatic heterocycles. The minimum absolute atomic E-state index is 0.177. The van der Waals surface area contributed by atoms with Gasteiger partial charge in [0.1, 0.15) is 45.4 Å². The predicted octanol–water partition coefficient (Wildman–Crippen LogP) is 20.8. The number of aryl methyl sites for hydroxylation is 1. The van der Waals surface area contributed by atoms with Crippen molar-refractivity contribution in [2.45, 2.75) is 86.0 Å². The summed E-state index contributed by atoms with van der Waals surface area (Å²) in [6, 6.07) is 68.6. The molecule has 0 saturated carbocycles. The highest BCUT2D eigenvalue weighted by molar-refractivity contribution is 6.16. The Hall–Kier alpha value is -9.53. The van der Waals surface area contributed by atoms with Gasteiger partial charge in [0.25, 0.3) is 0 Å². The van der Waals surface area contributed by atoms with Crippen molar-refractivity contribution in [2.24, 2.45) is 0 Å². The highest BCUT2D eigenvalue weighted by Crippen LogP contribution is 2.47. The average molecular weight is 1070 g/mol. The van der Waals surface area contributed by atoms with Crippen molar-refractivity contribution in [3.05, 3.63) is 222 Å². The molecule has 82 heavy (non-hydrogen) atoms. The van der Waals surface area contributed by atoms with E-state index in [1.54, 1.807) is 0 Å². The second-order valence-electron chi connectivity index (χ2n) is 23.2. The van der Waals surface area contributed by atoms with Gasteiger partial charge in [0.15, 0.2) is 5.58 Å². The van der Waals surface area contributed by atoms with Gasteiger partial charge in [-0.15, -0.1) is 0 Å². The van der Waals surface area contributed by atoms with Gasteiger partial charge in [0, 0.05) is 22.0 Å². The molecular weight excluding hydrogens is 1010 g/mol. The zero-order valence-corrected chi connectivity index (χ0v) is 47.7. The molecule has 0 bridgehead atoms. The molecule has 5 heterocycles. The van der Waals surface area contributed by atoms with Crippen molar-refractivity contribution in [1.82, 2.24) is 24.1 Å². The lowest BCUT2D eigenvalue weighted by Gasteiger charge is -2.24. The third-order valence-corrected chi connectivity index (χ3v) is 16.3. The first-order valence-electron chi connectivity index (χ1n) is 28.8. The Balaban J connectivity index is 0.987. The summed E-state index contributed by atoms with van der Waals surface area (Å²) in [5.41, 5.74) is 22.3. The van der Waals surface area contributed by atoms with Crippen LogP contribution in [0.2, 0.25) is 0 Å². The minimum Gasteiger partial charge on any atom is -0.457 e. The first kappa shape index (κ1) is 50.7. The molecule has 14 rings (SSSR count). The first-order chi connectivity index (χ1) is 39.8. The third kappa shape index (κ3) is 8.55. The van der Waals surface area contributed by atoms with Gasteiger partial charge in [-0.3, -0.25) is 9.13 Å². The van der Waals surface area contributed by atoms with Crippen LogP contribution in [-0.4, -0.2) is 24.1 Å². The maximum absolute atomic E-state index is 7.25. The molecule has 0 aliphatic rings. The summed E-state index contributed by atoms with van der Waals surface area (Å²) < 4.78 is 25.7. The number of furan rings is 2. The van der Waals surface area contributed by atoms with Gasteiger partial charge in [-0.2, -0.15) is 0 Å².